The summed E-state index contributed by atoms with van der Waals surface area (Å²) < 4.78 is 5.26. The van der Waals surface area contributed by atoms with Crippen LogP contribution in [0.4, 0.5) is 11.8 Å². The molecule has 0 radical (unpaired) electrons. The average Bonchev–Trinajstić information content (AvgIpc) is 3.48. The second kappa shape index (κ2) is 13.3. The lowest BCUT2D eigenvalue weighted by molar-refractivity contribution is -0.128. The number of hydrogen-bond donors (Lipinski definition) is 3. The van der Waals surface area contributed by atoms with E-state index in [4.69, 9.17) is 15.0 Å². The summed E-state index contributed by atoms with van der Waals surface area (Å²) in [6.07, 6.45) is 4.75. The van der Waals surface area contributed by atoms with Crippen molar-refractivity contribution in [3.63, 3.8) is 0 Å². The number of ether oxygens (including phenoxy) is 1. The molecular formula is C27H41N7O3S. The first kappa shape index (κ1) is 29.7. The lowest BCUT2D eigenvalue weighted by atomic mass is 9.89. The van der Waals surface area contributed by atoms with Gasteiger partial charge in [0.25, 0.3) is 6.47 Å². The predicted molar refractivity (Wildman–Crippen MR) is 154 cm³/mol. The van der Waals surface area contributed by atoms with Gasteiger partial charge in [0.15, 0.2) is 0 Å². The van der Waals surface area contributed by atoms with Crippen molar-refractivity contribution in [3.05, 3.63) is 23.7 Å². The number of nitrogens with one attached hydrogen (secondary N) is 2. The Morgan fingerprint density at radius 2 is 1.97 bits per heavy atom. The van der Waals surface area contributed by atoms with Crippen LogP contribution < -0.4 is 10.6 Å². The van der Waals surface area contributed by atoms with Crippen LogP contribution in [-0.2, 0) is 9.53 Å². The SMILES string of the molecule is CCOC=O.Cc1nc(NCCN(C)C)nc(NC2CCC(C(C)(C)O)C2)c1-c1nc2c(C)nccc2s1. The fourth-order valence-corrected chi connectivity index (χ4v) is 5.62. The molecule has 3 aromatic heterocycles. The molecular weight excluding hydrogens is 502 g/mol. The number of aryl methyl sites for hydroxylation is 2. The van der Waals surface area contributed by atoms with Gasteiger partial charge in [-0.15, -0.1) is 11.3 Å². The molecule has 3 aromatic rings. The van der Waals surface area contributed by atoms with Gasteiger partial charge in [-0.3, -0.25) is 9.78 Å². The summed E-state index contributed by atoms with van der Waals surface area (Å²) in [4.78, 5) is 30.3. The topological polar surface area (TPSA) is 125 Å². The van der Waals surface area contributed by atoms with E-state index >= 15 is 0 Å². The molecule has 1 saturated carbocycles. The summed E-state index contributed by atoms with van der Waals surface area (Å²) in [7, 11) is 4.10. The number of thiazole rings is 1. The molecule has 0 bridgehead atoms. The Kier molecular flexibility index (Phi) is 10.3. The van der Waals surface area contributed by atoms with E-state index in [1.54, 1.807) is 18.3 Å². The predicted octanol–water partition coefficient (Wildman–Crippen LogP) is 4.27. The van der Waals surface area contributed by atoms with Gasteiger partial charge in [-0.1, -0.05) is 0 Å². The Morgan fingerprint density at radius 1 is 1.21 bits per heavy atom. The van der Waals surface area contributed by atoms with Gasteiger partial charge in [0, 0.05) is 25.3 Å². The zero-order valence-electron chi connectivity index (χ0n) is 23.5. The molecule has 1 fully saturated rings. The molecule has 2 unspecified atom stereocenters. The Hall–Kier alpha value is -2.89. The van der Waals surface area contributed by atoms with Crippen LogP contribution in [-0.4, -0.2) is 81.8 Å². The standard InChI is InChI=1S/C24H35N7OS.C3H6O2/c1-14-19(22-29-20-15(2)25-10-9-18(20)33-22)21(30-23(27-14)26-11-12-31(5)6)28-17-8-7-16(13-17)24(3,4)32;1-2-5-3-4/h9-10,16-17,32H,7-8,11-13H2,1-6H3,(H2,26,27,28,30);3H,2H2,1H3. The molecule has 1 aliphatic carbocycles. The Balaban J connectivity index is 0.000000732. The summed E-state index contributed by atoms with van der Waals surface area (Å²) >= 11 is 1.65. The number of likely N-dealkylation sites (N-methyl/N-ethyl adjacent to an activating group) is 1. The van der Waals surface area contributed by atoms with Gasteiger partial charge in [-0.25, -0.2) is 9.97 Å². The number of aromatic nitrogens is 4. The highest BCUT2D eigenvalue weighted by atomic mass is 32.1. The highest BCUT2D eigenvalue weighted by Gasteiger charge is 2.35. The highest BCUT2D eigenvalue weighted by Crippen LogP contribution is 2.39. The van der Waals surface area contributed by atoms with E-state index in [1.165, 1.54) is 0 Å². The first-order valence-corrected chi connectivity index (χ1v) is 13.9. The Bertz CT molecular complexity index is 1210. The third-order valence-corrected chi connectivity index (χ3v) is 7.68. The third kappa shape index (κ3) is 7.81. The molecule has 0 saturated heterocycles. The molecule has 11 heteroatoms. The molecule has 10 nitrogen and oxygen atoms in total. The van der Waals surface area contributed by atoms with Crippen LogP contribution in [0.3, 0.4) is 0 Å². The number of aliphatic hydroxyl groups is 1. The quantitative estimate of drug-likeness (QED) is 0.319. The molecule has 208 valence electrons. The number of carbonyl (C=O) groups is 1. The van der Waals surface area contributed by atoms with Crippen LogP contribution in [0.15, 0.2) is 12.3 Å². The van der Waals surface area contributed by atoms with Gasteiger partial charge in [0.05, 0.1) is 33.9 Å². The van der Waals surface area contributed by atoms with E-state index in [-0.39, 0.29) is 12.0 Å². The minimum atomic E-state index is -0.669. The number of rotatable bonds is 10. The third-order valence-electron chi connectivity index (χ3n) is 6.64. The maximum atomic E-state index is 10.5. The molecule has 0 amide bonds. The summed E-state index contributed by atoms with van der Waals surface area (Å²) in [6.45, 7) is 12.1. The fraction of sp³-hybridized carbons (Fsp3) is 0.593. The number of anilines is 2. The van der Waals surface area contributed by atoms with Crippen molar-refractivity contribution < 1.29 is 14.6 Å². The number of carbonyl (C=O) groups excluding carboxylic acids is 1. The van der Waals surface area contributed by atoms with Crippen molar-refractivity contribution in [1.82, 2.24) is 24.8 Å². The van der Waals surface area contributed by atoms with Crippen molar-refractivity contribution in [2.45, 2.75) is 65.5 Å². The van der Waals surface area contributed by atoms with E-state index in [0.29, 0.717) is 19.0 Å². The largest absolute Gasteiger partial charge is 0.468 e. The van der Waals surface area contributed by atoms with Crippen LogP contribution in [0.2, 0.25) is 0 Å². The van der Waals surface area contributed by atoms with E-state index in [0.717, 1.165) is 70.3 Å². The van der Waals surface area contributed by atoms with Crippen LogP contribution >= 0.6 is 11.3 Å². The summed E-state index contributed by atoms with van der Waals surface area (Å²) in [5.41, 5.74) is 3.02. The lowest BCUT2D eigenvalue weighted by Crippen LogP contribution is -2.30. The van der Waals surface area contributed by atoms with Crippen molar-refractivity contribution in [2.24, 2.45) is 5.92 Å². The summed E-state index contributed by atoms with van der Waals surface area (Å²) in [5, 5.41) is 18.4. The summed E-state index contributed by atoms with van der Waals surface area (Å²) in [5.74, 6) is 1.70. The molecule has 2 atom stereocenters. The van der Waals surface area contributed by atoms with Crippen molar-refractivity contribution >= 4 is 39.8 Å². The Morgan fingerprint density at radius 3 is 2.55 bits per heavy atom. The second-order valence-corrected chi connectivity index (χ2v) is 11.4. The molecule has 0 aromatic carbocycles. The Labute approximate surface area is 229 Å². The smallest absolute Gasteiger partial charge is 0.293 e. The van der Waals surface area contributed by atoms with Crippen molar-refractivity contribution in [3.8, 4) is 10.6 Å². The van der Waals surface area contributed by atoms with Gasteiger partial charge in [0.1, 0.15) is 16.3 Å². The van der Waals surface area contributed by atoms with E-state index in [2.05, 4.69) is 25.3 Å². The van der Waals surface area contributed by atoms with E-state index in [1.807, 2.05) is 54.1 Å². The zero-order valence-corrected chi connectivity index (χ0v) is 24.4. The maximum Gasteiger partial charge on any atom is 0.293 e. The first-order valence-electron chi connectivity index (χ1n) is 13.1. The maximum absolute atomic E-state index is 10.5. The normalized spacial score (nSPS) is 17.3. The molecule has 3 heterocycles. The summed E-state index contributed by atoms with van der Waals surface area (Å²) in [6, 6.07) is 2.26. The van der Waals surface area contributed by atoms with Gasteiger partial charge in [0.2, 0.25) is 5.95 Å². The minimum Gasteiger partial charge on any atom is -0.468 e. The monoisotopic (exact) mass is 543 g/mol. The number of fused-ring (bicyclic) bond motifs is 1. The van der Waals surface area contributed by atoms with Gasteiger partial charge in [-0.2, -0.15) is 4.98 Å². The molecule has 3 N–H and O–H groups in total. The molecule has 4 rings (SSSR count). The van der Waals surface area contributed by atoms with Crippen LogP contribution in [0, 0.1) is 19.8 Å². The molecule has 0 aliphatic heterocycles. The van der Waals surface area contributed by atoms with Crippen LogP contribution in [0.25, 0.3) is 20.8 Å². The van der Waals surface area contributed by atoms with E-state index < -0.39 is 5.60 Å². The zero-order chi connectivity index (χ0) is 27.9. The number of pyridine rings is 1. The van der Waals surface area contributed by atoms with Gasteiger partial charge < -0.3 is 25.4 Å². The highest BCUT2D eigenvalue weighted by molar-refractivity contribution is 7.21. The van der Waals surface area contributed by atoms with E-state index in [9.17, 15) is 9.90 Å². The first-order chi connectivity index (χ1) is 18.0. The lowest BCUT2D eigenvalue weighted by Gasteiger charge is -2.25. The number of hydrogen-bond acceptors (Lipinski definition) is 11. The number of nitrogens with zero attached hydrogens (tertiary/aromatic N) is 5. The molecule has 38 heavy (non-hydrogen) atoms. The average molecular weight is 544 g/mol. The van der Waals surface area contributed by atoms with Crippen LogP contribution in [0.1, 0.15) is 51.4 Å². The molecule has 0 spiro atoms. The van der Waals surface area contributed by atoms with Crippen LogP contribution in [0.5, 0.6) is 0 Å². The molecule has 1 aliphatic rings. The minimum absolute atomic E-state index is 0.252. The van der Waals surface area contributed by atoms with Gasteiger partial charge >= 0.3 is 0 Å². The van der Waals surface area contributed by atoms with Crippen molar-refractivity contribution in [2.75, 3.05) is 44.4 Å². The fourth-order valence-electron chi connectivity index (χ4n) is 4.51. The van der Waals surface area contributed by atoms with Crippen molar-refractivity contribution in [1.29, 1.82) is 0 Å². The second-order valence-electron chi connectivity index (χ2n) is 10.4. The van der Waals surface area contributed by atoms with Gasteiger partial charge in [-0.05, 0) is 80.0 Å².